The summed E-state index contributed by atoms with van der Waals surface area (Å²) in [6, 6.07) is 13.6. The number of benzene rings is 3. The minimum atomic E-state index is -5.02. The zero-order valence-corrected chi connectivity index (χ0v) is 15.5. The highest BCUT2D eigenvalue weighted by atomic mass is 19.4. The average molecular weight is 435 g/mol. The molecule has 0 aliphatic rings. The van der Waals surface area contributed by atoms with Gasteiger partial charge >= 0.3 is 12.4 Å². The number of alkyl halides is 6. The zero-order chi connectivity index (χ0) is 22.4. The van der Waals surface area contributed by atoms with Crippen LogP contribution in [0.2, 0.25) is 0 Å². The number of hydrogen-bond donors (Lipinski definition) is 0. The Hall–Kier alpha value is -3.42. The topological polar surface area (TPSA) is 12.9 Å². The fourth-order valence-electron chi connectivity index (χ4n) is 3.26. The van der Waals surface area contributed by atoms with Crippen molar-refractivity contribution >= 4 is 10.8 Å². The van der Waals surface area contributed by atoms with E-state index < -0.39 is 34.9 Å². The molecule has 0 atom stereocenters. The van der Waals surface area contributed by atoms with Gasteiger partial charge in [0.1, 0.15) is 5.82 Å². The summed E-state index contributed by atoms with van der Waals surface area (Å²) in [4.78, 5) is 4.27. The second-order valence-electron chi connectivity index (χ2n) is 6.91. The lowest BCUT2D eigenvalue weighted by atomic mass is 9.96. The van der Waals surface area contributed by atoms with Gasteiger partial charge in [-0.1, -0.05) is 24.3 Å². The summed E-state index contributed by atoms with van der Waals surface area (Å²) < 4.78 is 93.5. The number of pyridine rings is 1. The number of nitrogens with zero attached hydrogens (tertiary/aromatic N) is 1. The van der Waals surface area contributed by atoms with E-state index in [2.05, 4.69) is 4.98 Å². The molecule has 4 aromatic rings. The molecule has 0 saturated carbocycles. The van der Waals surface area contributed by atoms with Gasteiger partial charge in [0.15, 0.2) is 0 Å². The van der Waals surface area contributed by atoms with Gasteiger partial charge in [-0.2, -0.15) is 26.3 Å². The van der Waals surface area contributed by atoms with Crippen LogP contribution in [0.4, 0.5) is 30.7 Å². The maximum Gasteiger partial charge on any atom is 0.416 e. The molecular formula is C23H12F7N. The Bertz CT molecular complexity index is 1240. The molecule has 0 N–H and O–H groups in total. The van der Waals surface area contributed by atoms with E-state index in [1.54, 1.807) is 12.3 Å². The van der Waals surface area contributed by atoms with Gasteiger partial charge in [0.2, 0.25) is 0 Å². The Kier molecular flexibility index (Phi) is 4.95. The Balaban J connectivity index is 1.88. The van der Waals surface area contributed by atoms with E-state index in [4.69, 9.17) is 0 Å². The van der Waals surface area contributed by atoms with Crippen molar-refractivity contribution in [1.82, 2.24) is 4.98 Å². The molecule has 0 spiro atoms. The fourth-order valence-corrected chi connectivity index (χ4v) is 3.26. The summed E-state index contributed by atoms with van der Waals surface area (Å²) in [5, 5.41) is 1.68. The van der Waals surface area contributed by atoms with Crippen LogP contribution in [0.5, 0.6) is 0 Å². The summed E-state index contributed by atoms with van der Waals surface area (Å²) in [6.45, 7) is 0. The van der Waals surface area contributed by atoms with E-state index in [9.17, 15) is 30.7 Å². The standard InChI is InChI=1S/C23H12F7N/c24-20-6-5-14(21-10-13-3-1-2-4-15(13)12-31-21)9-19(20)16-7-17(22(25,26)27)11-18(8-16)23(28,29)30/h1-12H. The number of halogens is 7. The van der Waals surface area contributed by atoms with Crippen LogP contribution in [0.15, 0.2) is 72.9 Å². The molecule has 0 radical (unpaired) electrons. The van der Waals surface area contributed by atoms with Crippen LogP contribution in [0.1, 0.15) is 11.1 Å². The highest BCUT2D eigenvalue weighted by molar-refractivity contribution is 5.85. The Morgan fingerprint density at radius 1 is 0.613 bits per heavy atom. The summed E-state index contributed by atoms with van der Waals surface area (Å²) in [5.74, 6) is -0.947. The molecule has 0 saturated heterocycles. The predicted octanol–water partition coefficient (Wildman–Crippen LogP) is 7.75. The van der Waals surface area contributed by atoms with E-state index in [0.29, 0.717) is 23.4 Å². The van der Waals surface area contributed by atoms with E-state index in [1.165, 1.54) is 12.1 Å². The largest absolute Gasteiger partial charge is 0.416 e. The molecular weight excluding hydrogens is 423 g/mol. The maximum absolute atomic E-state index is 14.5. The molecule has 3 aromatic carbocycles. The lowest BCUT2D eigenvalue weighted by Crippen LogP contribution is -2.11. The van der Waals surface area contributed by atoms with Gasteiger partial charge in [-0.25, -0.2) is 4.39 Å². The third kappa shape index (κ3) is 4.23. The fraction of sp³-hybridized carbons (Fsp3) is 0.0870. The first kappa shape index (κ1) is 20.8. The Morgan fingerprint density at radius 3 is 1.84 bits per heavy atom. The SMILES string of the molecule is Fc1ccc(-c2cc3ccccc3cn2)cc1-c1cc(C(F)(F)F)cc(C(F)(F)F)c1. The van der Waals surface area contributed by atoms with Crippen molar-refractivity contribution in [3.8, 4) is 22.4 Å². The van der Waals surface area contributed by atoms with Crippen LogP contribution in [-0.4, -0.2) is 4.98 Å². The Labute approximate surface area is 171 Å². The normalized spacial score (nSPS) is 12.4. The third-order valence-corrected chi connectivity index (χ3v) is 4.79. The minimum Gasteiger partial charge on any atom is -0.256 e. The van der Waals surface area contributed by atoms with E-state index in [1.807, 2.05) is 24.3 Å². The molecule has 0 aliphatic carbocycles. The van der Waals surface area contributed by atoms with Crippen molar-refractivity contribution in [2.45, 2.75) is 12.4 Å². The lowest BCUT2D eigenvalue weighted by molar-refractivity contribution is -0.143. The second-order valence-corrected chi connectivity index (χ2v) is 6.91. The molecule has 158 valence electrons. The van der Waals surface area contributed by atoms with Crippen molar-refractivity contribution < 1.29 is 30.7 Å². The van der Waals surface area contributed by atoms with Crippen LogP contribution in [-0.2, 0) is 12.4 Å². The molecule has 0 unspecified atom stereocenters. The Morgan fingerprint density at radius 2 is 1.23 bits per heavy atom. The molecule has 1 aromatic heterocycles. The van der Waals surface area contributed by atoms with Gasteiger partial charge in [0, 0.05) is 22.7 Å². The first-order valence-corrected chi connectivity index (χ1v) is 8.97. The van der Waals surface area contributed by atoms with Crippen LogP contribution >= 0.6 is 0 Å². The smallest absolute Gasteiger partial charge is 0.256 e. The third-order valence-electron chi connectivity index (χ3n) is 4.79. The van der Waals surface area contributed by atoms with Gasteiger partial charge in [0.25, 0.3) is 0 Å². The lowest BCUT2D eigenvalue weighted by Gasteiger charge is -2.15. The predicted molar refractivity (Wildman–Crippen MR) is 103 cm³/mol. The molecule has 31 heavy (non-hydrogen) atoms. The molecule has 1 nitrogen and oxygen atoms in total. The van der Waals surface area contributed by atoms with Crippen molar-refractivity contribution in [3.05, 3.63) is 89.9 Å². The number of fused-ring (bicyclic) bond motifs is 1. The monoisotopic (exact) mass is 435 g/mol. The first-order valence-electron chi connectivity index (χ1n) is 8.97. The highest BCUT2D eigenvalue weighted by Crippen LogP contribution is 2.39. The van der Waals surface area contributed by atoms with Crippen molar-refractivity contribution in [2.75, 3.05) is 0 Å². The van der Waals surface area contributed by atoms with Crippen LogP contribution in [0, 0.1) is 5.82 Å². The summed E-state index contributed by atoms with van der Waals surface area (Å²) >= 11 is 0. The van der Waals surface area contributed by atoms with Gasteiger partial charge in [-0.05, 0) is 53.4 Å². The number of hydrogen-bond acceptors (Lipinski definition) is 1. The molecule has 0 fully saturated rings. The first-order chi connectivity index (χ1) is 14.5. The quantitative estimate of drug-likeness (QED) is 0.294. The van der Waals surface area contributed by atoms with Crippen molar-refractivity contribution in [2.24, 2.45) is 0 Å². The highest BCUT2D eigenvalue weighted by Gasteiger charge is 2.37. The minimum absolute atomic E-state index is 0.0101. The van der Waals surface area contributed by atoms with Gasteiger partial charge in [-0.3, -0.25) is 4.98 Å². The summed E-state index contributed by atoms with van der Waals surface area (Å²) in [6.07, 6.45) is -8.46. The number of rotatable bonds is 2. The summed E-state index contributed by atoms with van der Waals surface area (Å²) in [7, 11) is 0. The zero-order valence-electron chi connectivity index (χ0n) is 15.5. The maximum atomic E-state index is 14.5. The summed E-state index contributed by atoms with van der Waals surface area (Å²) in [5.41, 5.74) is -3.17. The van der Waals surface area contributed by atoms with Gasteiger partial charge in [-0.15, -0.1) is 0 Å². The molecule has 0 amide bonds. The van der Waals surface area contributed by atoms with E-state index in [0.717, 1.165) is 16.8 Å². The average Bonchev–Trinajstić information content (AvgIpc) is 2.72. The molecule has 0 aliphatic heterocycles. The van der Waals surface area contributed by atoms with Crippen LogP contribution in [0.3, 0.4) is 0 Å². The molecule has 0 bridgehead atoms. The number of aromatic nitrogens is 1. The molecule has 4 rings (SSSR count). The van der Waals surface area contributed by atoms with Crippen molar-refractivity contribution in [3.63, 3.8) is 0 Å². The van der Waals surface area contributed by atoms with E-state index in [-0.39, 0.29) is 11.6 Å². The molecule has 8 heteroatoms. The van der Waals surface area contributed by atoms with Gasteiger partial charge < -0.3 is 0 Å². The van der Waals surface area contributed by atoms with Crippen LogP contribution in [0.25, 0.3) is 33.2 Å². The van der Waals surface area contributed by atoms with Gasteiger partial charge in [0.05, 0.1) is 16.8 Å². The molecule has 1 heterocycles. The van der Waals surface area contributed by atoms with Crippen LogP contribution < -0.4 is 0 Å². The second kappa shape index (κ2) is 7.37. The van der Waals surface area contributed by atoms with E-state index >= 15 is 0 Å². The van der Waals surface area contributed by atoms with Crippen molar-refractivity contribution in [1.29, 1.82) is 0 Å².